The molecule has 0 saturated carbocycles. The van der Waals surface area contributed by atoms with E-state index in [0.717, 1.165) is 5.69 Å². The fraction of sp³-hybridized carbons (Fsp3) is 0.538. The van der Waals surface area contributed by atoms with Crippen LogP contribution >= 0.6 is 0 Å². The van der Waals surface area contributed by atoms with E-state index in [1.54, 1.807) is 11.1 Å². The van der Waals surface area contributed by atoms with Gasteiger partial charge < -0.3 is 10.6 Å². The molecular weight excluding hydrogens is 214 g/mol. The predicted octanol–water partition coefficient (Wildman–Crippen LogP) is 1.41. The lowest BCUT2D eigenvalue weighted by atomic mass is 10.0. The number of carbonyl (C=O) groups excluding carboxylic acids is 1. The Kier molecular flexibility index (Phi) is 5.10. The highest BCUT2D eigenvalue weighted by atomic mass is 16.2. The van der Waals surface area contributed by atoms with Crippen molar-refractivity contribution in [2.45, 2.75) is 33.4 Å². The van der Waals surface area contributed by atoms with Crippen molar-refractivity contribution >= 4 is 5.91 Å². The first-order chi connectivity index (χ1) is 8.06. The molecule has 2 N–H and O–H groups in total. The SMILES string of the molecule is CCN(Cc1ccccn1)C(=O)C(N)C(C)C. The van der Waals surface area contributed by atoms with E-state index in [1.165, 1.54) is 0 Å². The number of carbonyl (C=O) groups is 1. The molecule has 1 unspecified atom stereocenters. The molecule has 1 amide bonds. The van der Waals surface area contributed by atoms with Crippen molar-refractivity contribution in [3.63, 3.8) is 0 Å². The third-order valence-corrected chi connectivity index (χ3v) is 2.78. The summed E-state index contributed by atoms with van der Waals surface area (Å²) in [6.45, 7) is 7.04. The summed E-state index contributed by atoms with van der Waals surface area (Å²) in [5.41, 5.74) is 6.77. The van der Waals surface area contributed by atoms with Crippen molar-refractivity contribution in [1.29, 1.82) is 0 Å². The van der Waals surface area contributed by atoms with Crippen LogP contribution in [0.2, 0.25) is 0 Å². The summed E-state index contributed by atoms with van der Waals surface area (Å²) in [5, 5.41) is 0. The van der Waals surface area contributed by atoms with Crippen molar-refractivity contribution in [2.75, 3.05) is 6.54 Å². The minimum atomic E-state index is -0.432. The number of hydrogen-bond acceptors (Lipinski definition) is 3. The Labute approximate surface area is 103 Å². The van der Waals surface area contributed by atoms with Crippen molar-refractivity contribution in [3.05, 3.63) is 30.1 Å². The fourth-order valence-corrected chi connectivity index (χ4v) is 1.53. The van der Waals surface area contributed by atoms with Gasteiger partial charge in [0.1, 0.15) is 0 Å². The Morgan fingerprint density at radius 3 is 2.65 bits per heavy atom. The molecule has 1 aromatic heterocycles. The molecule has 94 valence electrons. The molecule has 0 aliphatic carbocycles. The molecule has 1 rings (SSSR count). The smallest absolute Gasteiger partial charge is 0.240 e. The normalized spacial score (nSPS) is 12.5. The first-order valence-electron chi connectivity index (χ1n) is 6.00. The molecule has 0 radical (unpaired) electrons. The Morgan fingerprint density at radius 2 is 2.18 bits per heavy atom. The molecule has 4 heteroatoms. The summed E-state index contributed by atoms with van der Waals surface area (Å²) >= 11 is 0. The molecule has 0 bridgehead atoms. The van der Waals surface area contributed by atoms with Crippen molar-refractivity contribution in [1.82, 2.24) is 9.88 Å². The lowest BCUT2D eigenvalue weighted by molar-refractivity contribution is -0.134. The molecule has 1 atom stereocenters. The lowest BCUT2D eigenvalue weighted by Gasteiger charge is -2.25. The highest BCUT2D eigenvalue weighted by molar-refractivity contribution is 5.81. The predicted molar refractivity (Wildman–Crippen MR) is 68.1 cm³/mol. The van der Waals surface area contributed by atoms with E-state index in [0.29, 0.717) is 13.1 Å². The van der Waals surface area contributed by atoms with E-state index in [-0.39, 0.29) is 11.8 Å². The minimum Gasteiger partial charge on any atom is -0.336 e. The van der Waals surface area contributed by atoms with Crippen LogP contribution in [0.4, 0.5) is 0 Å². The monoisotopic (exact) mass is 235 g/mol. The average Bonchev–Trinajstić information content (AvgIpc) is 2.35. The van der Waals surface area contributed by atoms with Crippen LogP contribution < -0.4 is 5.73 Å². The summed E-state index contributed by atoms with van der Waals surface area (Å²) < 4.78 is 0. The molecule has 4 nitrogen and oxygen atoms in total. The molecule has 0 spiro atoms. The van der Waals surface area contributed by atoms with Gasteiger partial charge in [0.05, 0.1) is 18.3 Å². The van der Waals surface area contributed by atoms with Gasteiger partial charge in [0.25, 0.3) is 0 Å². The second kappa shape index (κ2) is 6.35. The summed E-state index contributed by atoms with van der Waals surface area (Å²) in [6.07, 6.45) is 1.73. The van der Waals surface area contributed by atoms with E-state index < -0.39 is 6.04 Å². The number of rotatable bonds is 5. The van der Waals surface area contributed by atoms with E-state index in [4.69, 9.17) is 5.73 Å². The van der Waals surface area contributed by atoms with Crippen LogP contribution in [0.3, 0.4) is 0 Å². The van der Waals surface area contributed by atoms with Crippen molar-refractivity contribution < 1.29 is 4.79 Å². The van der Waals surface area contributed by atoms with Gasteiger partial charge in [0.2, 0.25) is 5.91 Å². The molecule has 1 aromatic rings. The third-order valence-electron chi connectivity index (χ3n) is 2.78. The van der Waals surface area contributed by atoms with Gasteiger partial charge >= 0.3 is 0 Å². The van der Waals surface area contributed by atoms with E-state index >= 15 is 0 Å². The van der Waals surface area contributed by atoms with Crippen LogP contribution in [0.15, 0.2) is 24.4 Å². The Bertz CT molecular complexity index is 351. The summed E-state index contributed by atoms with van der Waals surface area (Å²) in [6, 6.07) is 5.26. The zero-order valence-corrected chi connectivity index (χ0v) is 10.8. The Hall–Kier alpha value is -1.42. The van der Waals surface area contributed by atoms with Gasteiger partial charge in [-0.3, -0.25) is 9.78 Å². The van der Waals surface area contributed by atoms with E-state index in [2.05, 4.69) is 4.98 Å². The van der Waals surface area contributed by atoms with Crippen molar-refractivity contribution in [3.8, 4) is 0 Å². The number of amides is 1. The molecule has 0 saturated heterocycles. The highest BCUT2D eigenvalue weighted by Gasteiger charge is 2.22. The molecule has 17 heavy (non-hydrogen) atoms. The maximum atomic E-state index is 12.1. The van der Waals surface area contributed by atoms with Crippen LogP contribution in [-0.2, 0) is 11.3 Å². The van der Waals surface area contributed by atoms with Crippen LogP contribution in [0.5, 0.6) is 0 Å². The molecule has 1 heterocycles. The number of pyridine rings is 1. The largest absolute Gasteiger partial charge is 0.336 e. The number of aromatic nitrogens is 1. The second-order valence-corrected chi connectivity index (χ2v) is 4.44. The van der Waals surface area contributed by atoms with Gasteiger partial charge in [-0.15, -0.1) is 0 Å². The van der Waals surface area contributed by atoms with E-state index in [9.17, 15) is 4.79 Å². The first-order valence-corrected chi connectivity index (χ1v) is 6.00. The maximum absolute atomic E-state index is 12.1. The van der Waals surface area contributed by atoms with E-state index in [1.807, 2.05) is 39.0 Å². The number of hydrogen-bond donors (Lipinski definition) is 1. The number of likely N-dealkylation sites (N-methyl/N-ethyl adjacent to an activating group) is 1. The van der Waals surface area contributed by atoms with Gasteiger partial charge in [0, 0.05) is 12.7 Å². The van der Waals surface area contributed by atoms with Gasteiger partial charge in [-0.2, -0.15) is 0 Å². The lowest BCUT2D eigenvalue weighted by Crippen LogP contribution is -2.46. The van der Waals surface area contributed by atoms with Crippen molar-refractivity contribution in [2.24, 2.45) is 11.7 Å². The van der Waals surface area contributed by atoms with Crippen LogP contribution in [-0.4, -0.2) is 28.4 Å². The second-order valence-electron chi connectivity index (χ2n) is 4.44. The quantitative estimate of drug-likeness (QED) is 0.839. The fourth-order valence-electron chi connectivity index (χ4n) is 1.53. The van der Waals surface area contributed by atoms with Gasteiger partial charge in [-0.1, -0.05) is 19.9 Å². The first kappa shape index (κ1) is 13.6. The highest BCUT2D eigenvalue weighted by Crippen LogP contribution is 2.07. The van der Waals surface area contributed by atoms with Crippen LogP contribution in [0, 0.1) is 5.92 Å². The Balaban J connectivity index is 2.69. The minimum absolute atomic E-state index is 0.00634. The topological polar surface area (TPSA) is 59.2 Å². The standard InChI is InChI=1S/C13H21N3O/c1-4-16(13(17)12(14)10(2)3)9-11-7-5-6-8-15-11/h5-8,10,12H,4,9,14H2,1-3H3. The molecule has 0 fully saturated rings. The average molecular weight is 235 g/mol. The van der Waals surface area contributed by atoms with Crippen LogP contribution in [0.25, 0.3) is 0 Å². The zero-order chi connectivity index (χ0) is 12.8. The summed E-state index contributed by atoms with van der Waals surface area (Å²) in [5.74, 6) is 0.147. The van der Waals surface area contributed by atoms with Crippen LogP contribution in [0.1, 0.15) is 26.5 Å². The van der Waals surface area contributed by atoms with Gasteiger partial charge in [-0.25, -0.2) is 0 Å². The summed E-state index contributed by atoms with van der Waals surface area (Å²) in [7, 11) is 0. The molecule has 0 aliphatic heterocycles. The van der Waals surface area contributed by atoms with Gasteiger partial charge in [0.15, 0.2) is 0 Å². The molecule has 0 aromatic carbocycles. The van der Waals surface area contributed by atoms with Gasteiger partial charge in [-0.05, 0) is 25.0 Å². The third kappa shape index (κ3) is 3.82. The zero-order valence-electron chi connectivity index (χ0n) is 10.8. The maximum Gasteiger partial charge on any atom is 0.240 e. The molecule has 0 aliphatic rings. The Morgan fingerprint density at radius 1 is 1.47 bits per heavy atom. The number of nitrogens with zero attached hydrogens (tertiary/aromatic N) is 2. The number of nitrogens with two attached hydrogens (primary N) is 1. The molecular formula is C13H21N3O. The summed E-state index contributed by atoms with van der Waals surface area (Å²) in [4.78, 5) is 18.1.